The van der Waals surface area contributed by atoms with Gasteiger partial charge in [0, 0.05) is 0 Å². The Balaban J connectivity index is 1.54. The lowest BCUT2D eigenvalue weighted by atomic mass is 10.4. The molecule has 0 saturated carbocycles. The molecule has 0 spiro atoms. The Morgan fingerprint density at radius 3 is 1.02 bits per heavy atom. The fraction of sp³-hybridized carbons (Fsp3) is 0. The highest BCUT2D eigenvalue weighted by Crippen LogP contribution is 2.18. The third-order valence-electron chi connectivity index (χ3n) is 7.04. The molecule has 1 aliphatic rings. The lowest BCUT2D eigenvalue weighted by Gasteiger charge is -2.39. The molecule has 0 radical (unpaired) electrons. The smallest absolute Gasteiger partial charge is 0.381 e. The van der Waals surface area contributed by atoms with Gasteiger partial charge in [0.25, 0.3) is 0 Å². The van der Waals surface area contributed by atoms with Crippen LogP contribution in [0.5, 0.6) is 0 Å². The Morgan fingerprint density at radius 1 is 0.405 bits per heavy atom. The van der Waals surface area contributed by atoms with Gasteiger partial charge in [0.2, 0.25) is 0 Å². The maximum atomic E-state index is 7.22. The maximum Gasteiger partial charge on any atom is 0.381 e. The van der Waals surface area contributed by atoms with Gasteiger partial charge in [0.15, 0.2) is 0 Å². The van der Waals surface area contributed by atoms with E-state index in [4.69, 9.17) is 20.6 Å². The third-order valence-corrected chi connectivity index (χ3v) is 22.9. The van der Waals surface area contributed by atoms with Crippen LogP contribution in [0.25, 0.3) is 0 Å². The average molecular weight is 637 g/mol. The summed E-state index contributed by atoms with van der Waals surface area (Å²) in [5.41, 5.74) is 1.89. The van der Waals surface area contributed by atoms with Gasteiger partial charge in [-0.1, -0.05) is 152 Å². The molecule has 5 aromatic rings. The van der Waals surface area contributed by atoms with E-state index in [1.54, 1.807) is 0 Å². The van der Waals surface area contributed by atoms with E-state index in [0.29, 0.717) is 0 Å². The predicted octanol–water partition coefficient (Wildman–Crippen LogP) is 1.67. The highest BCUT2D eigenvalue weighted by Gasteiger charge is 2.47. The van der Waals surface area contributed by atoms with Crippen molar-refractivity contribution in [2.24, 2.45) is 0 Å². The molecule has 1 saturated heterocycles. The van der Waals surface area contributed by atoms with E-state index in [0.717, 1.165) is 25.9 Å². The molecular formula is C32H32O5Si5. The molecule has 0 aliphatic carbocycles. The van der Waals surface area contributed by atoms with Crippen LogP contribution in [0.3, 0.4) is 0 Å². The van der Waals surface area contributed by atoms with Crippen molar-refractivity contribution in [3.63, 3.8) is 0 Å². The van der Waals surface area contributed by atoms with Gasteiger partial charge in [0.05, 0.1) is 0 Å². The van der Waals surface area contributed by atoms with Crippen LogP contribution in [-0.2, 0) is 20.6 Å². The van der Waals surface area contributed by atoms with Gasteiger partial charge in [-0.3, -0.25) is 0 Å². The minimum Gasteiger partial charge on any atom is -0.413 e. The molecule has 0 aromatic heterocycles. The summed E-state index contributed by atoms with van der Waals surface area (Å²) in [5.74, 6) is 0. The van der Waals surface area contributed by atoms with E-state index < -0.39 is 45.7 Å². The monoisotopic (exact) mass is 636 g/mol. The van der Waals surface area contributed by atoms with Gasteiger partial charge in [0.1, 0.15) is 0 Å². The van der Waals surface area contributed by atoms with Crippen LogP contribution in [0.1, 0.15) is 0 Å². The minimum atomic E-state index is -3.30. The van der Waals surface area contributed by atoms with Crippen molar-refractivity contribution in [2.45, 2.75) is 0 Å². The zero-order chi connectivity index (χ0) is 28.6. The van der Waals surface area contributed by atoms with Crippen LogP contribution in [0, 0.1) is 0 Å². The number of rotatable bonds is 6. The molecule has 4 atom stereocenters. The Labute approximate surface area is 255 Å². The first-order chi connectivity index (χ1) is 20.7. The first-order valence-electron chi connectivity index (χ1n) is 13.9. The highest BCUT2D eigenvalue weighted by molar-refractivity contribution is 6.96. The predicted molar refractivity (Wildman–Crippen MR) is 180 cm³/mol. The fourth-order valence-electron chi connectivity index (χ4n) is 4.87. The third kappa shape index (κ3) is 6.69. The topological polar surface area (TPSA) is 46.2 Å². The van der Waals surface area contributed by atoms with Gasteiger partial charge in [-0.05, 0) is 31.6 Å². The molecule has 1 fully saturated rings. The van der Waals surface area contributed by atoms with Crippen LogP contribution in [0.2, 0.25) is 0 Å². The van der Waals surface area contributed by atoms with Crippen LogP contribution in [-0.4, -0.2) is 45.7 Å². The molecule has 4 unspecified atom stereocenters. The van der Waals surface area contributed by atoms with E-state index >= 15 is 0 Å². The number of hydrogen-bond donors (Lipinski definition) is 0. The second-order valence-corrected chi connectivity index (χ2v) is 22.6. The van der Waals surface area contributed by atoms with E-state index in [1.807, 2.05) is 96.7 Å². The lowest BCUT2D eigenvalue weighted by Crippen LogP contribution is -2.66. The summed E-state index contributed by atoms with van der Waals surface area (Å²) in [6, 6.07) is 51.2. The summed E-state index contributed by atoms with van der Waals surface area (Å²) in [5, 5.41) is 5.15. The summed E-state index contributed by atoms with van der Waals surface area (Å²) in [6.45, 7) is 4.31. The summed E-state index contributed by atoms with van der Waals surface area (Å²) >= 11 is 0. The molecule has 5 nitrogen and oxygen atoms in total. The van der Waals surface area contributed by atoms with Crippen LogP contribution in [0.4, 0.5) is 0 Å². The maximum absolute atomic E-state index is 7.22. The molecule has 0 bridgehead atoms. The molecule has 42 heavy (non-hydrogen) atoms. The standard InChI is InChI=1S/C32H32O5Si5/c1-2-42(32-26-16-7-17-27-32)36-40(30-22-12-5-13-23-30)34-38(28-18-8-3-9-19-28)33-39(29-20-10-4-11-21-29)35-41(37-42)31-24-14-6-15-25-31/h2-27,38-41H,1H2. The van der Waals surface area contributed by atoms with Crippen molar-refractivity contribution in [3.05, 3.63) is 164 Å². The van der Waals surface area contributed by atoms with Crippen molar-refractivity contribution in [1.82, 2.24) is 0 Å². The molecule has 1 aliphatic heterocycles. The molecule has 0 N–H and O–H groups in total. The molecule has 1 heterocycles. The van der Waals surface area contributed by atoms with Gasteiger partial charge in [-0.15, -0.1) is 6.58 Å². The van der Waals surface area contributed by atoms with Crippen molar-refractivity contribution in [2.75, 3.05) is 0 Å². The van der Waals surface area contributed by atoms with E-state index in [9.17, 15) is 0 Å². The minimum absolute atomic E-state index is 0.978. The molecule has 210 valence electrons. The second kappa shape index (κ2) is 13.8. The van der Waals surface area contributed by atoms with E-state index in [-0.39, 0.29) is 0 Å². The van der Waals surface area contributed by atoms with Crippen molar-refractivity contribution in [3.8, 4) is 0 Å². The Hall–Kier alpha value is -3.28. The van der Waals surface area contributed by atoms with Crippen molar-refractivity contribution in [1.29, 1.82) is 0 Å². The lowest BCUT2D eigenvalue weighted by molar-refractivity contribution is 0.300. The largest absolute Gasteiger partial charge is 0.413 e. The Morgan fingerprint density at radius 2 is 0.690 bits per heavy atom. The van der Waals surface area contributed by atoms with Gasteiger partial charge < -0.3 is 20.6 Å². The summed E-state index contributed by atoms with van der Waals surface area (Å²) in [4.78, 5) is 0. The van der Waals surface area contributed by atoms with Crippen LogP contribution >= 0.6 is 0 Å². The number of benzene rings is 5. The summed E-state index contributed by atoms with van der Waals surface area (Å²) in [6.07, 6.45) is 0. The zero-order valence-electron chi connectivity index (χ0n) is 23.1. The van der Waals surface area contributed by atoms with Crippen molar-refractivity contribution >= 4 is 71.6 Å². The Kier molecular flexibility index (Phi) is 9.47. The van der Waals surface area contributed by atoms with Gasteiger partial charge in [-0.2, -0.15) is 0 Å². The second-order valence-electron chi connectivity index (χ2n) is 9.85. The quantitative estimate of drug-likeness (QED) is 0.266. The molecule has 6 rings (SSSR count). The van der Waals surface area contributed by atoms with E-state index in [1.165, 1.54) is 0 Å². The highest BCUT2D eigenvalue weighted by atomic mass is 28.5. The van der Waals surface area contributed by atoms with E-state index in [2.05, 4.69) is 67.2 Å². The molecular weight excluding hydrogens is 605 g/mol. The normalized spacial score (nSPS) is 24.9. The summed E-state index contributed by atoms with van der Waals surface area (Å²) < 4.78 is 35.6. The van der Waals surface area contributed by atoms with Crippen molar-refractivity contribution < 1.29 is 20.6 Å². The molecule has 0 amide bonds. The van der Waals surface area contributed by atoms with Crippen LogP contribution in [0.15, 0.2) is 164 Å². The van der Waals surface area contributed by atoms with Gasteiger partial charge >= 0.3 is 45.7 Å². The average Bonchev–Trinajstić information content (AvgIpc) is 3.08. The molecule has 10 heteroatoms. The summed E-state index contributed by atoms with van der Waals surface area (Å²) in [7, 11) is -13.5. The number of hydrogen-bond acceptors (Lipinski definition) is 5. The zero-order valence-corrected chi connectivity index (χ0v) is 28.7. The van der Waals surface area contributed by atoms with Crippen LogP contribution < -0.4 is 25.9 Å². The fourth-order valence-corrected chi connectivity index (χ4v) is 23.7. The first kappa shape index (κ1) is 28.8. The Bertz CT molecular complexity index is 1460. The molecule has 5 aromatic carbocycles. The first-order valence-corrected chi connectivity index (χ1v) is 21.9. The van der Waals surface area contributed by atoms with Gasteiger partial charge in [-0.25, -0.2) is 0 Å². The SMILES string of the molecule is C=C[Si]1(c2ccccc2)O[SiH](c2ccccc2)O[SiH](c2ccccc2)O[SiH](c2ccccc2)O[SiH](c2ccccc2)O1.